The van der Waals surface area contributed by atoms with Crippen molar-refractivity contribution in [2.75, 3.05) is 0 Å². The normalized spacial score (nSPS) is 16.0. The number of hydrazine groups is 1. The van der Waals surface area contributed by atoms with E-state index in [1.807, 2.05) is 0 Å². The predicted octanol–water partition coefficient (Wildman–Crippen LogP) is 1.62. The lowest BCUT2D eigenvalue weighted by Crippen LogP contribution is -2.45. The minimum Gasteiger partial charge on any atom is -0.481 e. The third-order valence-corrected chi connectivity index (χ3v) is 3.95. The van der Waals surface area contributed by atoms with Crippen molar-refractivity contribution in [1.29, 1.82) is 0 Å². The summed E-state index contributed by atoms with van der Waals surface area (Å²) < 4.78 is 13.4. The number of nitrogens with one attached hydrogen (secondary N) is 2. The molecule has 3 N–H and O–H groups in total. The molecule has 1 aromatic carbocycles. The number of carbonyl (C=O) groups excluding carboxylic acids is 2. The summed E-state index contributed by atoms with van der Waals surface area (Å²) in [5, 5.41) is 9.29. The molecule has 118 valence electrons. The molecule has 0 heterocycles. The molecule has 1 fully saturated rings. The fourth-order valence-electron chi connectivity index (χ4n) is 2.71. The number of amides is 2. The van der Waals surface area contributed by atoms with Crippen molar-refractivity contribution in [2.24, 2.45) is 5.41 Å². The fourth-order valence-corrected chi connectivity index (χ4v) is 2.71. The fraction of sp³-hybridized carbons (Fsp3) is 0.400. The van der Waals surface area contributed by atoms with Gasteiger partial charge in [-0.2, -0.15) is 0 Å². The standard InChI is InChI=1S/C15H17FN2O4/c16-11-6-2-1-5-10(11)13(20)18-17-12(19)9-15(14(21)22)7-3-4-8-15/h1-2,5-6H,3-4,7-9H2,(H,17,19)(H,18,20)(H,21,22). The van der Waals surface area contributed by atoms with E-state index in [9.17, 15) is 23.9 Å². The van der Waals surface area contributed by atoms with Crippen molar-refractivity contribution in [3.63, 3.8) is 0 Å². The maximum absolute atomic E-state index is 13.4. The van der Waals surface area contributed by atoms with Crippen LogP contribution in [0.15, 0.2) is 24.3 Å². The van der Waals surface area contributed by atoms with Gasteiger partial charge in [0.15, 0.2) is 0 Å². The van der Waals surface area contributed by atoms with Crippen molar-refractivity contribution >= 4 is 17.8 Å². The number of benzene rings is 1. The molecule has 0 aliphatic heterocycles. The predicted molar refractivity (Wildman–Crippen MR) is 75.2 cm³/mol. The molecule has 0 bridgehead atoms. The molecule has 1 aromatic rings. The van der Waals surface area contributed by atoms with Gasteiger partial charge in [-0.25, -0.2) is 4.39 Å². The summed E-state index contributed by atoms with van der Waals surface area (Å²) in [4.78, 5) is 34.9. The number of carboxylic acids is 1. The highest BCUT2D eigenvalue weighted by molar-refractivity contribution is 5.96. The molecular formula is C15H17FN2O4. The average Bonchev–Trinajstić information content (AvgIpc) is 2.95. The molecule has 7 heteroatoms. The number of hydrogen-bond donors (Lipinski definition) is 3. The van der Waals surface area contributed by atoms with Gasteiger partial charge in [-0.1, -0.05) is 25.0 Å². The lowest BCUT2D eigenvalue weighted by Gasteiger charge is -2.22. The van der Waals surface area contributed by atoms with E-state index in [1.165, 1.54) is 18.2 Å². The molecule has 0 atom stereocenters. The smallest absolute Gasteiger partial charge is 0.310 e. The average molecular weight is 308 g/mol. The van der Waals surface area contributed by atoms with Gasteiger partial charge in [0, 0.05) is 6.42 Å². The first-order valence-corrected chi connectivity index (χ1v) is 7.02. The van der Waals surface area contributed by atoms with Crippen LogP contribution in [0.5, 0.6) is 0 Å². The summed E-state index contributed by atoms with van der Waals surface area (Å²) in [6.45, 7) is 0. The zero-order valence-electron chi connectivity index (χ0n) is 11.9. The van der Waals surface area contributed by atoms with E-state index in [-0.39, 0.29) is 12.0 Å². The van der Waals surface area contributed by atoms with Crippen molar-refractivity contribution in [3.8, 4) is 0 Å². The van der Waals surface area contributed by atoms with Gasteiger partial charge in [0.2, 0.25) is 5.91 Å². The number of aliphatic carboxylic acids is 1. The second kappa shape index (κ2) is 6.55. The zero-order chi connectivity index (χ0) is 16.2. The summed E-state index contributed by atoms with van der Waals surface area (Å²) in [6, 6.07) is 5.36. The maximum atomic E-state index is 13.4. The Hall–Kier alpha value is -2.44. The van der Waals surface area contributed by atoms with Crippen LogP contribution < -0.4 is 10.9 Å². The molecule has 0 radical (unpaired) electrons. The Morgan fingerprint density at radius 3 is 2.36 bits per heavy atom. The van der Waals surface area contributed by atoms with Gasteiger partial charge in [0.1, 0.15) is 5.82 Å². The molecule has 1 saturated carbocycles. The molecule has 1 aliphatic rings. The molecule has 0 unspecified atom stereocenters. The first-order valence-electron chi connectivity index (χ1n) is 7.02. The van der Waals surface area contributed by atoms with E-state index in [1.54, 1.807) is 0 Å². The lowest BCUT2D eigenvalue weighted by atomic mass is 9.82. The molecule has 0 aromatic heterocycles. The van der Waals surface area contributed by atoms with Crippen LogP contribution in [0.1, 0.15) is 42.5 Å². The van der Waals surface area contributed by atoms with E-state index in [2.05, 4.69) is 10.9 Å². The summed E-state index contributed by atoms with van der Waals surface area (Å²) in [5.41, 5.74) is 2.98. The summed E-state index contributed by atoms with van der Waals surface area (Å²) in [5.74, 6) is -3.09. The van der Waals surface area contributed by atoms with Gasteiger partial charge in [-0.05, 0) is 25.0 Å². The van der Waals surface area contributed by atoms with Crippen molar-refractivity contribution in [1.82, 2.24) is 10.9 Å². The highest BCUT2D eigenvalue weighted by Gasteiger charge is 2.43. The van der Waals surface area contributed by atoms with Crippen molar-refractivity contribution in [2.45, 2.75) is 32.1 Å². The van der Waals surface area contributed by atoms with Crippen LogP contribution in [0, 0.1) is 11.2 Å². The molecule has 22 heavy (non-hydrogen) atoms. The second-order valence-corrected chi connectivity index (χ2v) is 5.45. The van der Waals surface area contributed by atoms with Gasteiger partial charge < -0.3 is 5.11 Å². The van der Waals surface area contributed by atoms with Crippen LogP contribution in [0.4, 0.5) is 4.39 Å². The van der Waals surface area contributed by atoms with Crippen LogP contribution in [0.2, 0.25) is 0 Å². The topological polar surface area (TPSA) is 95.5 Å². The van der Waals surface area contributed by atoms with E-state index < -0.39 is 29.0 Å². The van der Waals surface area contributed by atoms with Crippen molar-refractivity contribution < 1.29 is 23.9 Å². The monoisotopic (exact) mass is 308 g/mol. The Bertz CT molecular complexity index is 597. The minimum absolute atomic E-state index is 0.198. The van der Waals surface area contributed by atoms with E-state index in [4.69, 9.17) is 0 Å². The molecule has 0 saturated heterocycles. The first-order chi connectivity index (χ1) is 10.4. The third-order valence-electron chi connectivity index (χ3n) is 3.95. The number of carbonyl (C=O) groups is 3. The Kier molecular flexibility index (Phi) is 4.75. The largest absolute Gasteiger partial charge is 0.481 e. The molecule has 1 aliphatic carbocycles. The molecule has 6 nitrogen and oxygen atoms in total. The number of carboxylic acid groups (broad SMARTS) is 1. The minimum atomic E-state index is -1.06. The summed E-state index contributed by atoms with van der Waals surface area (Å²) >= 11 is 0. The van der Waals surface area contributed by atoms with Crippen LogP contribution >= 0.6 is 0 Å². The maximum Gasteiger partial charge on any atom is 0.310 e. The Morgan fingerprint density at radius 2 is 1.77 bits per heavy atom. The zero-order valence-corrected chi connectivity index (χ0v) is 11.9. The quantitative estimate of drug-likeness (QED) is 0.737. The molecule has 2 rings (SSSR count). The Labute approximate surface area is 126 Å². The first kappa shape index (κ1) is 15.9. The van der Waals surface area contributed by atoms with E-state index in [0.29, 0.717) is 12.8 Å². The van der Waals surface area contributed by atoms with Crippen molar-refractivity contribution in [3.05, 3.63) is 35.6 Å². The van der Waals surface area contributed by atoms with Gasteiger partial charge in [-0.15, -0.1) is 0 Å². The highest BCUT2D eigenvalue weighted by Crippen LogP contribution is 2.41. The second-order valence-electron chi connectivity index (χ2n) is 5.45. The van der Waals surface area contributed by atoms with Gasteiger partial charge in [0.05, 0.1) is 11.0 Å². The van der Waals surface area contributed by atoms with Crippen LogP contribution in [-0.2, 0) is 9.59 Å². The van der Waals surface area contributed by atoms with Crippen LogP contribution in [-0.4, -0.2) is 22.9 Å². The van der Waals surface area contributed by atoms with Gasteiger partial charge in [-0.3, -0.25) is 25.2 Å². The van der Waals surface area contributed by atoms with Crippen LogP contribution in [0.3, 0.4) is 0 Å². The number of halogens is 1. The van der Waals surface area contributed by atoms with E-state index in [0.717, 1.165) is 18.9 Å². The summed E-state index contributed by atoms with van der Waals surface area (Å²) in [7, 11) is 0. The lowest BCUT2D eigenvalue weighted by molar-refractivity contribution is -0.151. The highest BCUT2D eigenvalue weighted by atomic mass is 19.1. The van der Waals surface area contributed by atoms with Crippen LogP contribution in [0.25, 0.3) is 0 Å². The Morgan fingerprint density at radius 1 is 1.14 bits per heavy atom. The summed E-state index contributed by atoms with van der Waals surface area (Å²) in [6.07, 6.45) is 2.20. The SMILES string of the molecule is O=C(CC1(C(=O)O)CCCC1)NNC(=O)c1ccccc1F. The molecular weight excluding hydrogens is 291 g/mol. The number of rotatable bonds is 4. The molecule has 0 spiro atoms. The molecule has 2 amide bonds. The Balaban J connectivity index is 1.92. The van der Waals surface area contributed by atoms with Gasteiger partial charge >= 0.3 is 5.97 Å². The third kappa shape index (κ3) is 3.41. The van der Waals surface area contributed by atoms with Gasteiger partial charge in [0.25, 0.3) is 5.91 Å². The number of hydrogen-bond acceptors (Lipinski definition) is 3. The van der Waals surface area contributed by atoms with E-state index >= 15 is 0 Å².